The van der Waals surface area contributed by atoms with Gasteiger partial charge >= 0.3 is 0 Å². The molecule has 0 saturated carbocycles. The SMILES string of the molecule is CC1(C)COC(c2cccc(-c3c4ccccc4c(-c4cccc5ccccc45)c4ccccc34)n2)=N1. The number of hydrogen-bond donors (Lipinski definition) is 0. The van der Waals surface area contributed by atoms with E-state index in [2.05, 4.69) is 117 Å². The largest absolute Gasteiger partial charge is 0.474 e. The second-order valence-electron chi connectivity index (χ2n) is 10.3. The Bertz CT molecular complexity index is 1800. The Balaban J connectivity index is 1.56. The van der Waals surface area contributed by atoms with Gasteiger partial charge in [0.2, 0.25) is 5.90 Å². The number of rotatable bonds is 3. The minimum absolute atomic E-state index is 0.230. The highest BCUT2D eigenvalue weighted by atomic mass is 16.5. The fourth-order valence-corrected chi connectivity index (χ4v) is 5.55. The Hall–Kier alpha value is -4.50. The standard InChI is InChI=1S/C34H26N2O/c1-34(2)21-37-33(36-34)30-20-10-19-29(35-30)32-27-16-7-5-14-25(27)31(26-15-6-8-17-28(26)32)24-18-9-12-22-11-3-4-13-23(22)24/h3-20H,21H2,1-2H3. The molecule has 0 spiro atoms. The number of benzene rings is 5. The molecule has 2 heterocycles. The number of aliphatic imine (C=N–C) groups is 1. The maximum atomic E-state index is 5.93. The third kappa shape index (κ3) is 3.58. The van der Waals surface area contributed by atoms with Crippen LogP contribution in [-0.4, -0.2) is 23.0 Å². The summed E-state index contributed by atoms with van der Waals surface area (Å²) in [6.45, 7) is 4.73. The van der Waals surface area contributed by atoms with Crippen molar-refractivity contribution < 1.29 is 4.74 Å². The summed E-state index contributed by atoms with van der Waals surface area (Å²) in [7, 11) is 0. The molecule has 0 radical (unpaired) electrons. The molecular formula is C34H26N2O. The fraction of sp³-hybridized carbons (Fsp3) is 0.118. The van der Waals surface area contributed by atoms with Gasteiger partial charge in [0, 0.05) is 5.56 Å². The number of hydrogen-bond acceptors (Lipinski definition) is 3. The number of pyridine rings is 1. The van der Waals surface area contributed by atoms with E-state index < -0.39 is 0 Å². The number of ether oxygens (including phenoxy) is 1. The van der Waals surface area contributed by atoms with Crippen molar-refractivity contribution in [2.24, 2.45) is 4.99 Å². The van der Waals surface area contributed by atoms with Crippen molar-refractivity contribution >= 4 is 38.2 Å². The zero-order valence-electron chi connectivity index (χ0n) is 20.9. The van der Waals surface area contributed by atoms with Crippen molar-refractivity contribution in [2.75, 3.05) is 6.61 Å². The Morgan fingerprint density at radius 3 is 1.76 bits per heavy atom. The lowest BCUT2D eigenvalue weighted by Crippen LogP contribution is -2.17. The van der Waals surface area contributed by atoms with Crippen molar-refractivity contribution in [3.63, 3.8) is 0 Å². The third-order valence-electron chi connectivity index (χ3n) is 7.18. The van der Waals surface area contributed by atoms with E-state index in [0.717, 1.165) is 17.0 Å². The minimum Gasteiger partial charge on any atom is -0.474 e. The lowest BCUT2D eigenvalue weighted by Gasteiger charge is -2.18. The molecule has 0 aliphatic carbocycles. The van der Waals surface area contributed by atoms with Gasteiger partial charge in [-0.3, -0.25) is 0 Å². The van der Waals surface area contributed by atoms with E-state index in [-0.39, 0.29) is 5.54 Å². The van der Waals surface area contributed by atoms with E-state index >= 15 is 0 Å². The van der Waals surface area contributed by atoms with E-state index in [9.17, 15) is 0 Å². The zero-order valence-corrected chi connectivity index (χ0v) is 20.9. The van der Waals surface area contributed by atoms with E-state index in [0.29, 0.717) is 12.5 Å². The molecule has 1 aliphatic rings. The first-order valence-corrected chi connectivity index (χ1v) is 12.7. The fourth-order valence-electron chi connectivity index (χ4n) is 5.55. The molecule has 5 aromatic carbocycles. The first kappa shape index (κ1) is 21.8. The predicted octanol–water partition coefficient (Wildman–Crippen LogP) is 8.43. The first-order valence-electron chi connectivity index (χ1n) is 12.7. The molecule has 0 saturated heterocycles. The van der Waals surface area contributed by atoms with Crippen LogP contribution >= 0.6 is 0 Å². The van der Waals surface area contributed by atoms with Gasteiger partial charge in [0.1, 0.15) is 12.3 Å². The minimum atomic E-state index is -0.230. The maximum absolute atomic E-state index is 5.93. The van der Waals surface area contributed by atoms with Crippen LogP contribution < -0.4 is 0 Å². The van der Waals surface area contributed by atoms with Gasteiger partial charge in [0.15, 0.2) is 0 Å². The molecule has 178 valence electrons. The monoisotopic (exact) mass is 478 g/mol. The lowest BCUT2D eigenvalue weighted by atomic mass is 9.86. The van der Waals surface area contributed by atoms with Gasteiger partial charge in [-0.1, -0.05) is 97.1 Å². The highest BCUT2D eigenvalue weighted by molar-refractivity contribution is 6.23. The van der Waals surface area contributed by atoms with Gasteiger partial charge in [-0.05, 0) is 69.4 Å². The molecule has 7 rings (SSSR count). The summed E-state index contributed by atoms with van der Waals surface area (Å²) in [5.41, 5.74) is 5.10. The summed E-state index contributed by atoms with van der Waals surface area (Å²) in [6.07, 6.45) is 0. The van der Waals surface area contributed by atoms with Crippen LogP contribution in [0.15, 0.2) is 114 Å². The van der Waals surface area contributed by atoms with E-state index in [1.54, 1.807) is 0 Å². The molecule has 0 unspecified atom stereocenters. The highest BCUT2D eigenvalue weighted by Gasteiger charge is 2.28. The van der Waals surface area contributed by atoms with Crippen molar-refractivity contribution in [2.45, 2.75) is 19.4 Å². The predicted molar refractivity (Wildman–Crippen MR) is 154 cm³/mol. The normalized spacial score (nSPS) is 14.7. The third-order valence-corrected chi connectivity index (χ3v) is 7.18. The van der Waals surface area contributed by atoms with Crippen LogP contribution in [0.4, 0.5) is 0 Å². The summed E-state index contributed by atoms with van der Waals surface area (Å²) in [5.74, 6) is 0.618. The number of aromatic nitrogens is 1. The van der Waals surface area contributed by atoms with Gasteiger partial charge in [0.05, 0.1) is 11.2 Å². The maximum Gasteiger partial charge on any atom is 0.236 e. The summed E-state index contributed by atoms with van der Waals surface area (Å²) in [5, 5.41) is 7.30. The van der Waals surface area contributed by atoms with Crippen LogP contribution in [-0.2, 0) is 4.74 Å². The Labute approximate surface area is 216 Å². The van der Waals surface area contributed by atoms with Gasteiger partial charge in [-0.15, -0.1) is 0 Å². The molecular weight excluding hydrogens is 452 g/mol. The van der Waals surface area contributed by atoms with Gasteiger partial charge in [0.25, 0.3) is 0 Å². The number of fused-ring (bicyclic) bond motifs is 3. The lowest BCUT2D eigenvalue weighted by molar-refractivity contribution is 0.279. The first-order chi connectivity index (χ1) is 18.1. The molecule has 0 fully saturated rings. The molecule has 37 heavy (non-hydrogen) atoms. The molecule has 0 N–H and O–H groups in total. The Morgan fingerprint density at radius 2 is 1.11 bits per heavy atom. The van der Waals surface area contributed by atoms with Crippen LogP contribution in [0, 0.1) is 0 Å². The topological polar surface area (TPSA) is 34.5 Å². The molecule has 0 amide bonds. The number of nitrogens with zero attached hydrogens (tertiary/aromatic N) is 2. The molecule has 0 bridgehead atoms. The molecule has 3 heteroatoms. The molecule has 0 atom stereocenters. The van der Waals surface area contributed by atoms with Crippen molar-refractivity contribution in [3.8, 4) is 22.4 Å². The van der Waals surface area contributed by atoms with Crippen LogP contribution in [0.25, 0.3) is 54.7 Å². The van der Waals surface area contributed by atoms with E-state index in [1.165, 1.54) is 43.4 Å². The molecule has 3 nitrogen and oxygen atoms in total. The average molecular weight is 479 g/mol. The molecule has 1 aliphatic heterocycles. The second-order valence-corrected chi connectivity index (χ2v) is 10.3. The van der Waals surface area contributed by atoms with E-state index in [4.69, 9.17) is 14.7 Å². The summed E-state index contributed by atoms with van der Waals surface area (Å²) < 4.78 is 5.93. The summed E-state index contributed by atoms with van der Waals surface area (Å²) in [6, 6.07) is 38.7. The van der Waals surface area contributed by atoms with Gasteiger partial charge < -0.3 is 4.74 Å². The van der Waals surface area contributed by atoms with Gasteiger partial charge in [-0.25, -0.2) is 9.98 Å². The smallest absolute Gasteiger partial charge is 0.236 e. The Morgan fingerprint density at radius 1 is 0.568 bits per heavy atom. The quantitative estimate of drug-likeness (QED) is 0.239. The molecule has 1 aromatic heterocycles. The molecule has 6 aromatic rings. The highest BCUT2D eigenvalue weighted by Crippen LogP contribution is 2.44. The van der Waals surface area contributed by atoms with Crippen LogP contribution in [0.2, 0.25) is 0 Å². The van der Waals surface area contributed by atoms with Crippen LogP contribution in [0.5, 0.6) is 0 Å². The zero-order chi connectivity index (χ0) is 25.0. The van der Waals surface area contributed by atoms with Crippen molar-refractivity contribution in [1.29, 1.82) is 0 Å². The Kier molecular flexibility index (Phi) is 4.87. The average Bonchev–Trinajstić information content (AvgIpc) is 3.31. The second kappa shape index (κ2) is 8.28. The van der Waals surface area contributed by atoms with Gasteiger partial charge in [-0.2, -0.15) is 0 Å². The summed E-state index contributed by atoms with van der Waals surface area (Å²) in [4.78, 5) is 9.85. The van der Waals surface area contributed by atoms with Crippen LogP contribution in [0.3, 0.4) is 0 Å². The van der Waals surface area contributed by atoms with Crippen LogP contribution in [0.1, 0.15) is 19.5 Å². The van der Waals surface area contributed by atoms with Crippen molar-refractivity contribution in [3.05, 3.63) is 115 Å². The summed E-state index contributed by atoms with van der Waals surface area (Å²) >= 11 is 0. The van der Waals surface area contributed by atoms with E-state index in [1.807, 2.05) is 6.07 Å². The van der Waals surface area contributed by atoms with Crippen molar-refractivity contribution in [1.82, 2.24) is 4.98 Å².